The van der Waals surface area contributed by atoms with Crippen molar-refractivity contribution >= 4 is 23.1 Å². The van der Waals surface area contributed by atoms with E-state index in [1.165, 1.54) is 31.8 Å². The summed E-state index contributed by atoms with van der Waals surface area (Å²) >= 11 is 1.35. The smallest absolute Gasteiger partial charge is 0.358 e. The average molecular weight is 267 g/mol. The molecule has 1 fully saturated rings. The molecule has 4 nitrogen and oxygen atoms in total. The lowest BCUT2D eigenvalue weighted by molar-refractivity contribution is 0.0591. The fourth-order valence-electron chi connectivity index (χ4n) is 2.42. The number of thiazole rings is 1. The lowest BCUT2D eigenvalue weighted by Gasteiger charge is -2.03. The van der Waals surface area contributed by atoms with Gasteiger partial charge in [-0.3, -0.25) is 4.79 Å². The predicted octanol–water partition coefficient (Wildman–Crippen LogP) is 3.04. The van der Waals surface area contributed by atoms with Crippen LogP contribution in [0.1, 0.15) is 64.2 Å². The van der Waals surface area contributed by atoms with E-state index in [0.717, 1.165) is 17.8 Å². The second-order valence-corrected chi connectivity index (χ2v) is 5.92. The summed E-state index contributed by atoms with van der Waals surface area (Å²) in [5.74, 6) is 0.446. The summed E-state index contributed by atoms with van der Waals surface area (Å²) in [6.07, 6.45) is 3.37. The number of carbonyl (C=O) groups is 2. The molecule has 0 amide bonds. The van der Waals surface area contributed by atoms with Crippen LogP contribution in [0.15, 0.2) is 0 Å². The molecule has 1 aromatic heterocycles. The van der Waals surface area contributed by atoms with Gasteiger partial charge < -0.3 is 4.74 Å². The first-order valence-electron chi connectivity index (χ1n) is 6.13. The summed E-state index contributed by atoms with van der Waals surface area (Å²) in [5.41, 5.74) is 0.185. The van der Waals surface area contributed by atoms with Gasteiger partial charge in [-0.15, -0.1) is 11.3 Å². The van der Waals surface area contributed by atoms with Gasteiger partial charge in [-0.25, -0.2) is 9.78 Å². The minimum absolute atomic E-state index is 0.120. The number of aromatic nitrogens is 1. The summed E-state index contributed by atoms with van der Waals surface area (Å²) in [6.45, 7) is 3.68. The van der Waals surface area contributed by atoms with Crippen LogP contribution in [0.2, 0.25) is 0 Å². The molecule has 0 aliphatic heterocycles. The standard InChI is InChI=1S/C13H17NO3S/c1-7-4-5-9(6-7)12-14-10(13(16)17-3)11(18-12)8(2)15/h7,9H,4-6H2,1-3H3. The molecular weight excluding hydrogens is 250 g/mol. The minimum atomic E-state index is -0.520. The van der Waals surface area contributed by atoms with Crippen LogP contribution >= 0.6 is 11.3 Å². The van der Waals surface area contributed by atoms with E-state index in [4.69, 9.17) is 0 Å². The minimum Gasteiger partial charge on any atom is -0.464 e. The topological polar surface area (TPSA) is 56.3 Å². The van der Waals surface area contributed by atoms with Crippen LogP contribution in [0.25, 0.3) is 0 Å². The van der Waals surface area contributed by atoms with E-state index < -0.39 is 5.97 Å². The van der Waals surface area contributed by atoms with E-state index in [2.05, 4.69) is 16.6 Å². The fraction of sp³-hybridized carbons (Fsp3) is 0.615. The zero-order valence-corrected chi connectivity index (χ0v) is 11.7. The highest BCUT2D eigenvalue weighted by Gasteiger charge is 2.29. The molecule has 1 aliphatic rings. The lowest BCUT2D eigenvalue weighted by Crippen LogP contribution is -2.07. The number of rotatable bonds is 3. The van der Waals surface area contributed by atoms with E-state index in [1.54, 1.807) is 0 Å². The van der Waals surface area contributed by atoms with Gasteiger partial charge in [0, 0.05) is 12.8 Å². The second kappa shape index (κ2) is 5.18. The molecule has 0 aromatic carbocycles. The Morgan fingerprint density at radius 2 is 2.11 bits per heavy atom. The largest absolute Gasteiger partial charge is 0.464 e. The SMILES string of the molecule is COC(=O)c1nc(C2CCC(C)C2)sc1C(C)=O. The molecule has 2 unspecified atom stereocenters. The fourth-order valence-corrected chi connectivity index (χ4v) is 3.51. The van der Waals surface area contributed by atoms with Crippen molar-refractivity contribution in [2.24, 2.45) is 5.92 Å². The van der Waals surface area contributed by atoms with Crippen LogP contribution in [0.3, 0.4) is 0 Å². The van der Waals surface area contributed by atoms with Crippen molar-refractivity contribution in [2.45, 2.75) is 39.0 Å². The van der Waals surface area contributed by atoms with Crippen molar-refractivity contribution < 1.29 is 14.3 Å². The maximum Gasteiger partial charge on any atom is 0.358 e. The summed E-state index contributed by atoms with van der Waals surface area (Å²) in [7, 11) is 1.31. The number of carbonyl (C=O) groups excluding carboxylic acids is 2. The molecule has 18 heavy (non-hydrogen) atoms. The van der Waals surface area contributed by atoms with Crippen LogP contribution < -0.4 is 0 Å². The number of esters is 1. The summed E-state index contributed by atoms with van der Waals surface area (Å²) in [4.78, 5) is 27.9. The summed E-state index contributed by atoms with van der Waals surface area (Å²) in [6, 6.07) is 0. The van der Waals surface area contributed by atoms with Crippen LogP contribution in [0.5, 0.6) is 0 Å². The van der Waals surface area contributed by atoms with Gasteiger partial charge >= 0.3 is 5.97 Å². The highest BCUT2D eigenvalue weighted by atomic mass is 32.1. The summed E-state index contributed by atoms with van der Waals surface area (Å²) < 4.78 is 4.68. The molecule has 2 rings (SSSR count). The Morgan fingerprint density at radius 3 is 2.61 bits per heavy atom. The zero-order chi connectivity index (χ0) is 13.3. The molecule has 5 heteroatoms. The molecule has 2 atom stereocenters. The van der Waals surface area contributed by atoms with E-state index in [0.29, 0.717) is 16.7 Å². The molecule has 0 saturated heterocycles. The highest BCUT2D eigenvalue weighted by molar-refractivity contribution is 7.14. The molecule has 1 saturated carbocycles. The van der Waals surface area contributed by atoms with Gasteiger partial charge in [-0.2, -0.15) is 0 Å². The zero-order valence-electron chi connectivity index (χ0n) is 10.9. The maximum absolute atomic E-state index is 11.6. The van der Waals surface area contributed by atoms with Gasteiger partial charge in [0.05, 0.1) is 12.1 Å². The molecule has 0 N–H and O–H groups in total. The Bertz CT molecular complexity index is 481. The third-order valence-corrected chi connectivity index (χ3v) is 4.70. The molecule has 0 spiro atoms. The molecular formula is C13H17NO3S. The first kappa shape index (κ1) is 13.2. The number of ketones is 1. The van der Waals surface area contributed by atoms with E-state index >= 15 is 0 Å². The monoisotopic (exact) mass is 267 g/mol. The molecule has 0 bridgehead atoms. The number of hydrogen-bond donors (Lipinski definition) is 0. The van der Waals surface area contributed by atoms with Crippen molar-refractivity contribution in [1.29, 1.82) is 0 Å². The van der Waals surface area contributed by atoms with Crippen LogP contribution in [0, 0.1) is 5.92 Å². The molecule has 0 radical (unpaired) electrons. The summed E-state index contributed by atoms with van der Waals surface area (Å²) in [5, 5.41) is 0.907. The van der Waals surface area contributed by atoms with E-state index in [1.807, 2.05) is 0 Å². The molecule has 1 aliphatic carbocycles. The Balaban J connectivity index is 2.33. The predicted molar refractivity (Wildman–Crippen MR) is 69.2 cm³/mol. The molecule has 1 aromatic rings. The number of nitrogens with zero attached hydrogens (tertiary/aromatic N) is 1. The average Bonchev–Trinajstić information content (AvgIpc) is 2.93. The van der Waals surface area contributed by atoms with Gasteiger partial charge in [0.2, 0.25) is 0 Å². The van der Waals surface area contributed by atoms with Gasteiger partial charge in [-0.05, 0) is 18.8 Å². The van der Waals surface area contributed by atoms with Gasteiger partial charge in [0.1, 0.15) is 4.88 Å². The van der Waals surface area contributed by atoms with Crippen molar-refractivity contribution in [3.63, 3.8) is 0 Å². The molecule has 98 valence electrons. The Hall–Kier alpha value is -1.23. The number of methoxy groups -OCH3 is 1. The van der Waals surface area contributed by atoms with Crippen LogP contribution in [-0.4, -0.2) is 23.8 Å². The Morgan fingerprint density at radius 1 is 1.39 bits per heavy atom. The van der Waals surface area contributed by atoms with Gasteiger partial charge in [-0.1, -0.05) is 13.3 Å². The lowest BCUT2D eigenvalue weighted by atomic mass is 10.1. The number of Topliss-reactive ketones (excluding diaryl/α,β-unsaturated/α-hetero) is 1. The normalized spacial score (nSPS) is 23.1. The third-order valence-electron chi connectivity index (χ3n) is 3.39. The van der Waals surface area contributed by atoms with Crippen molar-refractivity contribution in [3.05, 3.63) is 15.6 Å². The molecule has 1 heterocycles. The van der Waals surface area contributed by atoms with Gasteiger partial charge in [0.15, 0.2) is 11.5 Å². The van der Waals surface area contributed by atoms with E-state index in [9.17, 15) is 9.59 Å². The van der Waals surface area contributed by atoms with Crippen molar-refractivity contribution in [3.8, 4) is 0 Å². The Labute approximate surface area is 110 Å². The first-order valence-corrected chi connectivity index (χ1v) is 6.94. The van der Waals surface area contributed by atoms with Crippen LogP contribution in [-0.2, 0) is 4.74 Å². The van der Waals surface area contributed by atoms with E-state index in [-0.39, 0.29) is 11.5 Å². The third kappa shape index (κ3) is 2.46. The highest BCUT2D eigenvalue weighted by Crippen LogP contribution is 2.40. The number of hydrogen-bond acceptors (Lipinski definition) is 5. The maximum atomic E-state index is 11.6. The first-order chi connectivity index (χ1) is 8.52. The second-order valence-electron chi connectivity index (χ2n) is 4.89. The quantitative estimate of drug-likeness (QED) is 0.624. The van der Waals surface area contributed by atoms with Crippen molar-refractivity contribution in [1.82, 2.24) is 4.98 Å². The number of ether oxygens (including phenoxy) is 1. The van der Waals surface area contributed by atoms with Crippen LogP contribution in [0.4, 0.5) is 0 Å². The van der Waals surface area contributed by atoms with Gasteiger partial charge in [0.25, 0.3) is 0 Å². The van der Waals surface area contributed by atoms with Crippen molar-refractivity contribution in [2.75, 3.05) is 7.11 Å². The Kier molecular flexibility index (Phi) is 3.80.